The maximum Gasteiger partial charge on any atom is 0.238 e. The topological polar surface area (TPSA) is 88.3 Å². The van der Waals surface area contributed by atoms with E-state index in [9.17, 15) is 9.59 Å². The SMILES string of the molecule is Cc1nc(CN(C)C(=O)CC2Sc3ccccc3NC2=O)no1. The molecule has 2 aromatic rings. The number of anilines is 1. The van der Waals surface area contributed by atoms with Gasteiger partial charge in [-0.25, -0.2) is 0 Å². The van der Waals surface area contributed by atoms with Crippen molar-refractivity contribution in [1.29, 1.82) is 0 Å². The van der Waals surface area contributed by atoms with Gasteiger partial charge in [0, 0.05) is 25.3 Å². The number of fused-ring (bicyclic) bond motifs is 1. The number of aryl methyl sites for hydroxylation is 1. The van der Waals surface area contributed by atoms with Gasteiger partial charge in [-0.1, -0.05) is 17.3 Å². The molecule has 0 fully saturated rings. The van der Waals surface area contributed by atoms with Crippen molar-refractivity contribution >= 4 is 29.3 Å². The van der Waals surface area contributed by atoms with Crippen molar-refractivity contribution in [2.75, 3.05) is 12.4 Å². The van der Waals surface area contributed by atoms with E-state index in [0.29, 0.717) is 11.7 Å². The predicted octanol–water partition coefficient (Wildman–Crippen LogP) is 1.84. The molecular weight excluding hydrogens is 316 g/mol. The van der Waals surface area contributed by atoms with E-state index >= 15 is 0 Å². The van der Waals surface area contributed by atoms with Crippen LogP contribution in [0, 0.1) is 6.92 Å². The van der Waals surface area contributed by atoms with Gasteiger partial charge in [0.1, 0.15) is 0 Å². The molecule has 2 amide bonds. The molecule has 1 aromatic heterocycles. The van der Waals surface area contributed by atoms with Crippen LogP contribution in [0.5, 0.6) is 0 Å². The smallest absolute Gasteiger partial charge is 0.238 e. The fourth-order valence-corrected chi connectivity index (χ4v) is 3.35. The monoisotopic (exact) mass is 332 g/mol. The highest BCUT2D eigenvalue weighted by molar-refractivity contribution is 8.01. The first-order valence-corrected chi connectivity index (χ1v) is 8.00. The number of para-hydroxylation sites is 1. The van der Waals surface area contributed by atoms with Crippen LogP contribution in [0.15, 0.2) is 33.7 Å². The second-order valence-electron chi connectivity index (χ2n) is 5.28. The van der Waals surface area contributed by atoms with Crippen LogP contribution in [0.1, 0.15) is 18.1 Å². The first-order chi connectivity index (χ1) is 11.0. The van der Waals surface area contributed by atoms with E-state index in [-0.39, 0.29) is 24.8 Å². The number of benzene rings is 1. The molecule has 1 aliphatic heterocycles. The van der Waals surface area contributed by atoms with Gasteiger partial charge in [0.25, 0.3) is 0 Å². The number of nitrogens with one attached hydrogen (secondary N) is 1. The van der Waals surface area contributed by atoms with Crippen molar-refractivity contribution in [3.05, 3.63) is 36.0 Å². The molecule has 1 N–H and O–H groups in total. The molecular formula is C15H16N4O3S. The first-order valence-electron chi connectivity index (χ1n) is 7.12. The fourth-order valence-electron chi connectivity index (χ4n) is 2.25. The normalized spacial score (nSPS) is 16.6. The zero-order valence-electron chi connectivity index (χ0n) is 12.8. The summed E-state index contributed by atoms with van der Waals surface area (Å²) in [7, 11) is 1.66. The van der Waals surface area contributed by atoms with E-state index in [2.05, 4.69) is 15.5 Å². The summed E-state index contributed by atoms with van der Waals surface area (Å²) >= 11 is 1.41. The lowest BCUT2D eigenvalue weighted by Crippen LogP contribution is -2.35. The Morgan fingerprint density at radius 3 is 2.96 bits per heavy atom. The van der Waals surface area contributed by atoms with Gasteiger partial charge >= 0.3 is 0 Å². The Morgan fingerprint density at radius 2 is 2.22 bits per heavy atom. The van der Waals surface area contributed by atoms with Crippen molar-refractivity contribution in [3.63, 3.8) is 0 Å². The summed E-state index contributed by atoms with van der Waals surface area (Å²) in [5.74, 6) is 0.620. The number of hydrogen-bond acceptors (Lipinski definition) is 6. The third-order valence-corrected chi connectivity index (χ3v) is 4.72. The molecule has 0 saturated heterocycles. The quantitative estimate of drug-likeness (QED) is 0.919. The lowest BCUT2D eigenvalue weighted by Gasteiger charge is -2.25. The average Bonchev–Trinajstić information content (AvgIpc) is 2.93. The van der Waals surface area contributed by atoms with Gasteiger partial charge in [-0.05, 0) is 12.1 Å². The van der Waals surface area contributed by atoms with Gasteiger partial charge in [-0.3, -0.25) is 9.59 Å². The number of nitrogens with zero attached hydrogens (tertiary/aromatic N) is 3. The maximum absolute atomic E-state index is 12.3. The van der Waals surface area contributed by atoms with Crippen LogP contribution in [-0.2, 0) is 16.1 Å². The summed E-state index contributed by atoms with van der Waals surface area (Å²) in [5.41, 5.74) is 0.793. The lowest BCUT2D eigenvalue weighted by atomic mass is 10.2. The Bertz CT molecular complexity index is 746. The first kappa shape index (κ1) is 15.5. The second-order valence-corrected chi connectivity index (χ2v) is 6.52. The second kappa shape index (κ2) is 6.41. The molecule has 1 unspecified atom stereocenters. The average molecular weight is 332 g/mol. The van der Waals surface area contributed by atoms with Crippen molar-refractivity contribution in [1.82, 2.24) is 15.0 Å². The molecule has 1 atom stereocenters. The summed E-state index contributed by atoms with van der Waals surface area (Å²) in [6, 6.07) is 7.56. The summed E-state index contributed by atoms with van der Waals surface area (Å²) in [5, 5.41) is 6.16. The maximum atomic E-state index is 12.3. The highest BCUT2D eigenvalue weighted by Crippen LogP contribution is 2.36. The molecule has 0 saturated carbocycles. The van der Waals surface area contributed by atoms with Crippen LogP contribution in [0.3, 0.4) is 0 Å². The van der Waals surface area contributed by atoms with Crippen molar-refractivity contribution in [2.45, 2.75) is 30.0 Å². The van der Waals surface area contributed by atoms with Crippen molar-refractivity contribution in [2.24, 2.45) is 0 Å². The molecule has 23 heavy (non-hydrogen) atoms. The molecule has 0 radical (unpaired) electrons. The standard InChI is InChI=1S/C15H16N4O3S/c1-9-16-13(18-22-9)8-19(2)14(20)7-12-15(21)17-10-5-3-4-6-11(10)23-12/h3-6,12H,7-8H2,1-2H3,(H,17,21). The summed E-state index contributed by atoms with van der Waals surface area (Å²) in [6.07, 6.45) is 0.123. The molecule has 120 valence electrons. The van der Waals surface area contributed by atoms with Crippen LogP contribution in [-0.4, -0.2) is 39.2 Å². The van der Waals surface area contributed by atoms with E-state index < -0.39 is 5.25 Å². The highest BCUT2D eigenvalue weighted by Gasteiger charge is 2.29. The molecule has 0 bridgehead atoms. The molecule has 0 spiro atoms. The minimum atomic E-state index is -0.438. The third-order valence-electron chi connectivity index (χ3n) is 3.44. The van der Waals surface area contributed by atoms with E-state index in [1.807, 2.05) is 24.3 Å². The number of hydrogen-bond donors (Lipinski definition) is 1. The van der Waals surface area contributed by atoms with E-state index in [0.717, 1.165) is 10.6 Å². The van der Waals surface area contributed by atoms with Crippen LogP contribution in [0.2, 0.25) is 0 Å². The number of rotatable bonds is 4. The summed E-state index contributed by atoms with van der Waals surface area (Å²) in [6.45, 7) is 1.95. The molecule has 8 heteroatoms. The van der Waals surface area contributed by atoms with Gasteiger partial charge in [0.15, 0.2) is 5.82 Å². The zero-order chi connectivity index (χ0) is 16.4. The molecule has 1 aromatic carbocycles. The highest BCUT2D eigenvalue weighted by atomic mass is 32.2. The van der Waals surface area contributed by atoms with E-state index in [1.165, 1.54) is 16.7 Å². The Balaban J connectivity index is 1.62. The number of carbonyl (C=O) groups is 2. The Hall–Kier alpha value is -2.35. The lowest BCUT2D eigenvalue weighted by molar-refractivity contribution is -0.132. The van der Waals surface area contributed by atoms with E-state index in [4.69, 9.17) is 4.52 Å². The van der Waals surface area contributed by atoms with Gasteiger partial charge in [0.05, 0.1) is 17.5 Å². The van der Waals surface area contributed by atoms with Crippen LogP contribution in [0.25, 0.3) is 0 Å². The van der Waals surface area contributed by atoms with Gasteiger partial charge in [-0.2, -0.15) is 4.98 Å². The molecule has 7 nitrogen and oxygen atoms in total. The largest absolute Gasteiger partial charge is 0.340 e. The van der Waals surface area contributed by atoms with Crippen LogP contribution < -0.4 is 5.32 Å². The predicted molar refractivity (Wildman–Crippen MR) is 84.8 cm³/mol. The number of thioether (sulfide) groups is 1. The number of aromatic nitrogens is 2. The zero-order valence-corrected chi connectivity index (χ0v) is 13.6. The molecule has 1 aliphatic rings. The molecule has 3 rings (SSSR count). The fraction of sp³-hybridized carbons (Fsp3) is 0.333. The Morgan fingerprint density at radius 1 is 1.43 bits per heavy atom. The summed E-state index contributed by atoms with van der Waals surface area (Å²) in [4.78, 5) is 31.0. The molecule has 2 heterocycles. The van der Waals surface area contributed by atoms with Crippen molar-refractivity contribution < 1.29 is 14.1 Å². The van der Waals surface area contributed by atoms with Gasteiger partial charge in [-0.15, -0.1) is 11.8 Å². The number of carbonyl (C=O) groups excluding carboxylic acids is 2. The van der Waals surface area contributed by atoms with Gasteiger partial charge in [0.2, 0.25) is 17.7 Å². The Labute approximate surface area is 137 Å². The van der Waals surface area contributed by atoms with Gasteiger partial charge < -0.3 is 14.7 Å². The minimum Gasteiger partial charge on any atom is -0.340 e. The third kappa shape index (κ3) is 3.53. The summed E-state index contributed by atoms with van der Waals surface area (Å²) < 4.78 is 4.88. The van der Waals surface area contributed by atoms with Crippen LogP contribution >= 0.6 is 11.8 Å². The van der Waals surface area contributed by atoms with E-state index in [1.54, 1.807) is 14.0 Å². The Kier molecular flexibility index (Phi) is 4.33. The van der Waals surface area contributed by atoms with Crippen LogP contribution in [0.4, 0.5) is 5.69 Å². The minimum absolute atomic E-state index is 0.123. The molecule has 0 aliphatic carbocycles. The van der Waals surface area contributed by atoms with Crippen molar-refractivity contribution in [3.8, 4) is 0 Å². The number of amides is 2.